The van der Waals surface area contributed by atoms with Crippen molar-refractivity contribution in [3.63, 3.8) is 0 Å². The third kappa shape index (κ3) is 5.25. The van der Waals surface area contributed by atoms with Crippen LogP contribution in [-0.4, -0.2) is 29.6 Å². The van der Waals surface area contributed by atoms with Crippen LogP contribution >= 0.6 is 0 Å². The Morgan fingerprint density at radius 3 is 2.55 bits per heavy atom. The van der Waals surface area contributed by atoms with Crippen LogP contribution in [-0.2, 0) is 9.53 Å². The van der Waals surface area contributed by atoms with Crippen molar-refractivity contribution >= 4 is 22.6 Å². The molecule has 1 aliphatic carbocycles. The normalized spacial score (nSPS) is 16.2. The van der Waals surface area contributed by atoms with Crippen molar-refractivity contribution in [2.75, 3.05) is 13.2 Å². The summed E-state index contributed by atoms with van der Waals surface area (Å²) in [6.45, 7) is 3.98. The molecular weight excluding hydrogens is 368 g/mol. The van der Waals surface area contributed by atoms with Gasteiger partial charge in [0.25, 0.3) is 11.5 Å². The molecule has 1 N–H and O–H groups in total. The van der Waals surface area contributed by atoms with Crippen LogP contribution in [0.3, 0.4) is 0 Å². The number of carbonyl (C=O) groups is 2. The zero-order chi connectivity index (χ0) is 20.8. The SMILES string of the molecule is CC(=O)OCC(C)n1ccc2c(C(=O)NCC3CCCCCC3)cccc2c1=O. The summed E-state index contributed by atoms with van der Waals surface area (Å²) in [5.74, 6) is 0.0269. The van der Waals surface area contributed by atoms with Gasteiger partial charge < -0.3 is 14.6 Å². The quantitative estimate of drug-likeness (QED) is 0.593. The van der Waals surface area contributed by atoms with E-state index in [9.17, 15) is 14.4 Å². The molecule has 29 heavy (non-hydrogen) atoms. The van der Waals surface area contributed by atoms with Crippen molar-refractivity contribution in [2.24, 2.45) is 5.92 Å². The van der Waals surface area contributed by atoms with Crippen LogP contribution in [0.5, 0.6) is 0 Å². The first-order valence-corrected chi connectivity index (χ1v) is 10.5. The summed E-state index contributed by atoms with van der Waals surface area (Å²) >= 11 is 0. The Kier molecular flexibility index (Phi) is 7.07. The number of ether oxygens (including phenoxy) is 1. The number of benzene rings is 1. The molecule has 1 saturated carbocycles. The first kappa shape index (κ1) is 21.1. The third-order valence-electron chi connectivity index (χ3n) is 5.75. The van der Waals surface area contributed by atoms with Gasteiger partial charge in [-0.3, -0.25) is 14.4 Å². The molecule has 2 aromatic rings. The summed E-state index contributed by atoms with van der Waals surface area (Å²) in [5.41, 5.74) is 0.327. The fourth-order valence-corrected chi connectivity index (χ4v) is 4.06. The van der Waals surface area contributed by atoms with Gasteiger partial charge in [-0.2, -0.15) is 0 Å². The maximum Gasteiger partial charge on any atom is 0.302 e. The van der Waals surface area contributed by atoms with Gasteiger partial charge in [0.1, 0.15) is 6.61 Å². The van der Waals surface area contributed by atoms with E-state index < -0.39 is 0 Å². The van der Waals surface area contributed by atoms with Crippen LogP contribution < -0.4 is 10.9 Å². The van der Waals surface area contributed by atoms with Gasteiger partial charge in [-0.25, -0.2) is 0 Å². The predicted octanol–water partition coefficient (Wildman–Crippen LogP) is 3.83. The fourth-order valence-electron chi connectivity index (χ4n) is 4.06. The molecule has 1 fully saturated rings. The Balaban J connectivity index is 1.78. The Hall–Kier alpha value is -2.63. The number of fused-ring (bicyclic) bond motifs is 1. The van der Waals surface area contributed by atoms with E-state index in [1.54, 1.807) is 35.0 Å². The van der Waals surface area contributed by atoms with Crippen LogP contribution in [0.2, 0.25) is 0 Å². The van der Waals surface area contributed by atoms with Gasteiger partial charge in [0, 0.05) is 36.0 Å². The Morgan fingerprint density at radius 1 is 1.14 bits per heavy atom. The summed E-state index contributed by atoms with van der Waals surface area (Å²) < 4.78 is 6.56. The van der Waals surface area contributed by atoms with Gasteiger partial charge in [-0.05, 0) is 43.9 Å². The molecule has 1 atom stereocenters. The van der Waals surface area contributed by atoms with E-state index in [0.717, 1.165) is 0 Å². The summed E-state index contributed by atoms with van der Waals surface area (Å²) in [4.78, 5) is 36.8. The molecule has 6 nitrogen and oxygen atoms in total. The molecule has 1 aliphatic rings. The first-order valence-electron chi connectivity index (χ1n) is 10.5. The Bertz CT molecular complexity index is 926. The summed E-state index contributed by atoms with van der Waals surface area (Å²) in [6.07, 6.45) is 9.05. The molecule has 6 heteroatoms. The molecule has 1 aromatic heterocycles. The molecule has 1 aromatic carbocycles. The number of hydrogen-bond acceptors (Lipinski definition) is 4. The number of nitrogens with zero attached hydrogens (tertiary/aromatic N) is 1. The number of amides is 1. The maximum absolute atomic E-state index is 12.9. The highest BCUT2D eigenvalue weighted by Gasteiger charge is 2.17. The van der Waals surface area contributed by atoms with Gasteiger partial charge in [-0.15, -0.1) is 0 Å². The number of hydrogen-bond donors (Lipinski definition) is 1. The maximum atomic E-state index is 12.9. The second-order valence-electron chi connectivity index (χ2n) is 8.01. The molecule has 0 aliphatic heterocycles. The lowest BCUT2D eigenvalue weighted by molar-refractivity contribution is -0.141. The third-order valence-corrected chi connectivity index (χ3v) is 5.75. The number of rotatable bonds is 6. The molecule has 0 saturated heterocycles. The number of pyridine rings is 1. The van der Waals surface area contributed by atoms with Gasteiger partial charge in [0.05, 0.1) is 6.04 Å². The van der Waals surface area contributed by atoms with Crippen molar-refractivity contribution in [1.82, 2.24) is 9.88 Å². The largest absolute Gasteiger partial charge is 0.464 e. The second-order valence-corrected chi connectivity index (χ2v) is 8.01. The lowest BCUT2D eigenvalue weighted by Crippen LogP contribution is -2.30. The number of nitrogens with one attached hydrogen (secondary N) is 1. The van der Waals surface area contributed by atoms with Crippen LogP contribution in [0.25, 0.3) is 10.8 Å². The van der Waals surface area contributed by atoms with Crippen LogP contribution in [0.15, 0.2) is 35.3 Å². The van der Waals surface area contributed by atoms with Gasteiger partial charge in [-0.1, -0.05) is 31.7 Å². The van der Waals surface area contributed by atoms with E-state index in [2.05, 4.69) is 5.32 Å². The summed E-state index contributed by atoms with van der Waals surface area (Å²) in [6, 6.07) is 6.74. The Morgan fingerprint density at radius 2 is 1.86 bits per heavy atom. The van der Waals surface area contributed by atoms with Crippen LogP contribution in [0.1, 0.15) is 68.8 Å². The summed E-state index contributed by atoms with van der Waals surface area (Å²) in [5, 5.41) is 4.21. The van der Waals surface area contributed by atoms with E-state index in [1.807, 2.05) is 6.92 Å². The van der Waals surface area contributed by atoms with Gasteiger partial charge in [0.15, 0.2) is 0 Å². The monoisotopic (exact) mass is 398 g/mol. The smallest absolute Gasteiger partial charge is 0.302 e. The lowest BCUT2D eigenvalue weighted by Gasteiger charge is -2.17. The zero-order valence-electron chi connectivity index (χ0n) is 17.3. The van der Waals surface area contributed by atoms with Crippen molar-refractivity contribution in [3.05, 3.63) is 46.4 Å². The van der Waals surface area contributed by atoms with Crippen molar-refractivity contribution < 1.29 is 14.3 Å². The minimum absolute atomic E-state index is 0.127. The molecule has 156 valence electrons. The van der Waals surface area contributed by atoms with Crippen LogP contribution in [0.4, 0.5) is 0 Å². The highest BCUT2D eigenvalue weighted by Crippen LogP contribution is 2.22. The minimum Gasteiger partial charge on any atom is -0.464 e. The van der Waals surface area contributed by atoms with Gasteiger partial charge in [0.2, 0.25) is 0 Å². The molecule has 3 rings (SSSR count). The van der Waals surface area contributed by atoms with Gasteiger partial charge >= 0.3 is 5.97 Å². The van der Waals surface area contributed by atoms with E-state index in [0.29, 0.717) is 28.8 Å². The number of aromatic nitrogens is 1. The molecule has 1 heterocycles. The average Bonchev–Trinajstić information content (AvgIpc) is 2.99. The van der Waals surface area contributed by atoms with Crippen molar-refractivity contribution in [2.45, 2.75) is 58.4 Å². The predicted molar refractivity (Wildman–Crippen MR) is 113 cm³/mol. The van der Waals surface area contributed by atoms with E-state index in [1.165, 1.54) is 45.4 Å². The highest BCUT2D eigenvalue weighted by atomic mass is 16.5. The molecule has 0 spiro atoms. The Labute approximate surface area is 171 Å². The molecule has 1 amide bonds. The molecule has 0 bridgehead atoms. The number of esters is 1. The van der Waals surface area contributed by atoms with Crippen molar-refractivity contribution in [3.8, 4) is 0 Å². The lowest BCUT2D eigenvalue weighted by atomic mass is 10.00. The number of carbonyl (C=O) groups excluding carboxylic acids is 2. The second kappa shape index (κ2) is 9.72. The molecule has 1 unspecified atom stereocenters. The standard InChI is InChI=1S/C23H30N2O4/c1-16(15-29-17(2)26)25-13-12-19-20(10-7-11-21(19)23(25)28)22(27)24-14-18-8-5-3-4-6-9-18/h7,10-13,16,18H,3-6,8-9,14-15H2,1-2H3,(H,24,27). The molecule has 0 radical (unpaired) electrons. The van der Waals surface area contributed by atoms with Crippen molar-refractivity contribution in [1.29, 1.82) is 0 Å². The van der Waals surface area contributed by atoms with E-state index in [4.69, 9.17) is 4.74 Å². The highest BCUT2D eigenvalue weighted by molar-refractivity contribution is 6.06. The fraction of sp³-hybridized carbons (Fsp3) is 0.522. The topological polar surface area (TPSA) is 77.4 Å². The van der Waals surface area contributed by atoms with Crippen LogP contribution in [0, 0.1) is 5.92 Å². The molecular formula is C23H30N2O4. The van der Waals surface area contributed by atoms with E-state index >= 15 is 0 Å². The first-order chi connectivity index (χ1) is 14.0. The summed E-state index contributed by atoms with van der Waals surface area (Å²) in [7, 11) is 0. The minimum atomic E-state index is -0.377. The average molecular weight is 399 g/mol. The zero-order valence-corrected chi connectivity index (χ0v) is 17.3. The van der Waals surface area contributed by atoms with E-state index in [-0.39, 0.29) is 30.1 Å².